The molecule has 0 bridgehead atoms. The van der Waals surface area contributed by atoms with Gasteiger partial charge in [-0.1, -0.05) is 18.2 Å². The van der Waals surface area contributed by atoms with E-state index in [0.717, 1.165) is 30.7 Å². The number of carbonyl (C=O) groups excluding carboxylic acids is 2. The fourth-order valence-electron chi connectivity index (χ4n) is 6.92. The summed E-state index contributed by atoms with van der Waals surface area (Å²) < 4.78 is 12.7. The molecule has 13 nitrogen and oxygen atoms in total. The minimum absolute atomic E-state index is 0.121. The number of hydrogen-bond acceptors (Lipinski definition) is 10. The number of pyridine rings is 1. The molecule has 2 aliphatic heterocycles. The molecule has 6 rings (SSSR count). The maximum absolute atomic E-state index is 14.1. The number of nitrogens with zero attached hydrogens (tertiary/aromatic N) is 7. The van der Waals surface area contributed by atoms with Gasteiger partial charge in [0, 0.05) is 24.7 Å². The van der Waals surface area contributed by atoms with Gasteiger partial charge in [0.25, 0.3) is 11.8 Å². The zero-order valence-corrected chi connectivity index (χ0v) is 26.0. The lowest BCUT2D eigenvalue weighted by Gasteiger charge is -2.41. The average molecular weight is 627 g/mol. The molecule has 0 spiro atoms. The van der Waals surface area contributed by atoms with Crippen molar-refractivity contribution in [1.82, 2.24) is 40.5 Å². The van der Waals surface area contributed by atoms with Gasteiger partial charge in [0.05, 0.1) is 36.6 Å². The van der Waals surface area contributed by atoms with Gasteiger partial charge in [-0.3, -0.25) is 19.8 Å². The maximum atomic E-state index is 14.1. The summed E-state index contributed by atoms with van der Waals surface area (Å²) in [6, 6.07) is 19.0. The van der Waals surface area contributed by atoms with E-state index in [1.54, 1.807) is 32.5 Å². The molecule has 2 aliphatic rings. The van der Waals surface area contributed by atoms with E-state index in [1.807, 2.05) is 46.8 Å². The SMILES string of the molecule is COc1cccc(C2(CCN3CCC(C(=O)NO)(c4ccccn4)CC3)CCN(C(=O)c3cc(-n4cnnn4)ccc3OC)C2)c1. The quantitative estimate of drug-likeness (QED) is 0.199. The summed E-state index contributed by atoms with van der Waals surface area (Å²) in [5.41, 5.74) is 3.58. The summed E-state index contributed by atoms with van der Waals surface area (Å²) in [6.45, 7) is 3.21. The summed E-state index contributed by atoms with van der Waals surface area (Å²) in [4.78, 5) is 35.7. The van der Waals surface area contributed by atoms with E-state index in [0.29, 0.717) is 61.7 Å². The van der Waals surface area contributed by atoms with Crippen LogP contribution in [-0.4, -0.2) is 99.0 Å². The number of amides is 2. The molecule has 1 atom stereocenters. The monoisotopic (exact) mass is 626 g/mol. The van der Waals surface area contributed by atoms with Crippen LogP contribution in [0.3, 0.4) is 0 Å². The molecule has 2 aromatic carbocycles. The minimum Gasteiger partial charge on any atom is -0.497 e. The van der Waals surface area contributed by atoms with Crippen LogP contribution in [0.2, 0.25) is 0 Å². The Balaban J connectivity index is 1.22. The van der Waals surface area contributed by atoms with Crippen LogP contribution in [0.1, 0.15) is 47.3 Å². The van der Waals surface area contributed by atoms with E-state index in [-0.39, 0.29) is 11.3 Å². The molecule has 2 saturated heterocycles. The van der Waals surface area contributed by atoms with E-state index in [2.05, 4.69) is 37.5 Å². The summed E-state index contributed by atoms with van der Waals surface area (Å²) in [7, 11) is 3.21. The molecule has 0 aliphatic carbocycles. The van der Waals surface area contributed by atoms with E-state index in [1.165, 1.54) is 11.0 Å². The molecule has 1 unspecified atom stereocenters. The third-order valence-corrected chi connectivity index (χ3v) is 9.66. The predicted octanol–water partition coefficient (Wildman–Crippen LogP) is 2.79. The number of ether oxygens (including phenoxy) is 2. The smallest absolute Gasteiger partial charge is 0.257 e. The van der Waals surface area contributed by atoms with Crippen molar-refractivity contribution >= 4 is 11.8 Å². The van der Waals surface area contributed by atoms with E-state index in [9.17, 15) is 14.8 Å². The van der Waals surface area contributed by atoms with E-state index < -0.39 is 11.3 Å². The maximum Gasteiger partial charge on any atom is 0.257 e. The van der Waals surface area contributed by atoms with Crippen LogP contribution >= 0.6 is 0 Å². The van der Waals surface area contributed by atoms with Crippen molar-refractivity contribution in [3.05, 3.63) is 90.0 Å². The normalized spacial score (nSPS) is 19.5. The highest BCUT2D eigenvalue weighted by Gasteiger charge is 2.46. The number of hydrogen-bond donors (Lipinski definition) is 2. The van der Waals surface area contributed by atoms with Gasteiger partial charge in [0.15, 0.2) is 0 Å². The lowest BCUT2D eigenvalue weighted by molar-refractivity contribution is -0.137. The van der Waals surface area contributed by atoms with Crippen molar-refractivity contribution in [2.24, 2.45) is 0 Å². The van der Waals surface area contributed by atoms with Gasteiger partial charge < -0.3 is 19.3 Å². The Bertz CT molecular complexity index is 1660. The molecule has 0 radical (unpaired) electrons. The Morgan fingerprint density at radius 1 is 0.978 bits per heavy atom. The fourth-order valence-corrected chi connectivity index (χ4v) is 6.92. The number of methoxy groups -OCH3 is 2. The number of benzene rings is 2. The largest absolute Gasteiger partial charge is 0.497 e. The second-order valence-electron chi connectivity index (χ2n) is 12.0. The molecular weight excluding hydrogens is 588 g/mol. The molecule has 4 aromatic rings. The molecule has 2 fully saturated rings. The number of nitrogens with one attached hydrogen (secondary N) is 1. The highest BCUT2D eigenvalue weighted by molar-refractivity contribution is 5.98. The van der Waals surface area contributed by atoms with Crippen molar-refractivity contribution in [3.63, 3.8) is 0 Å². The average Bonchev–Trinajstić information content (AvgIpc) is 3.82. The van der Waals surface area contributed by atoms with Crippen molar-refractivity contribution in [2.45, 2.75) is 36.5 Å². The molecule has 2 amide bonds. The first-order valence-electron chi connectivity index (χ1n) is 15.3. The Morgan fingerprint density at radius 2 is 1.83 bits per heavy atom. The molecule has 4 heterocycles. The predicted molar refractivity (Wildman–Crippen MR) is 167 cm³/mol. The van der Waals surface area contributed by atoms with Crippen molar-refractivity contribution in [3.8, 4) is 17.2 Å². The molecule has 13 heteroatoms. The van der Waals surface area contributed by atoms with Crippen molar-refractivity contribution in [2.75, 3.05) is 46.9 Å². The zero-order valence-electron chi connectivity index (χ0n) is 26.0. The summed E-state index contributed by atoms with van der Waals surface area (Å²) >= 11 is 0. The van der Waals surface area contributed by atoms with Crippen LogP contribution in [0, 0.1) is 0 Å². The van der Waals surface area contributed by atoms with Crippen molar-refractivity contribution < 1.29 is 24.3 Å². The first-order valence-corrected chi connectivity index (χ1v) is 15.3. The van der Waals surface area contributed by atoms with Gasteiger partial charge >= 0.3 is 0 Å². The number of aromatic nitrogens is 5. The number of hydroxylamine groups is 1. The molecule has 240 valence electrons. The number of carbonyl (C=O) groups is 2. The van der Waals surface area contributed by atoms with Gasteiger partial charge in [-0.2, -0.15) is 0 Å². The number of tetrazole rings is 1. The first kappa shape index (κ1) is 31.1. The number of piperidine rings is 1. The Labute approximate surface area is 267 Å². The third kappa shape index (κ3) is 5.90. The van der Waals surface area contributed by atoms with Crippen LogP contribution in [0.15, 0.2) is 73.2 Å². The van der Waals surface area contributed by atoms with E-state index >= 15 is 0 Å². The Hall–Kier alpha value is -4.88. The van der Waals surface area contributed by atoms with Gasteiger partial charge in [-0.15, -0.1) is 5.10 Å². The zero-order chi connectivity index (χ0) is 32.1. The van der Waals surface area contributed by atoms with E-state index in [4.69, 9.17) is 9.47 Å². The molecule has 46 heavy (non-hydrogen) atoms. The third-order valence-electron chi connectivity index (χ3n) is 9.66. The number of likely N-dealkylation sites (tertiary alicyclic amines) is 2. The standard InChI is InChI=1S/C33H38N8O5/c1-45-26-7-5-6-24(20-26)32(11-16-39-17-13-33(14-18-39,31(43)36-44)29-8-3-4-15-34-29)12-19-40(22-32)30(42)27-21-25(9-10-28(27)46-2)41-23-35-37-38-41/h3-10,15,20-21,23,44H,11-14,16-19,22H2,1-2H3,(H,36,43). The van der Waals surface area contributed by atoms with Crippen LogP contribution in [0.25, 0.3) is 5.69 Å². The highest BCUT2D eigenvalue weighted by atomic mass is 16.5. The lowest BCUT2D eigenvalue weighted by atomic mass is 9.73. The fraction of sp³-hybridized carbons (Fsp3) is 0.394. The highest BCUT2D eigenvalue weighted by Crippen LogP contribution is 2.41. The van der Waals surface area contributed by atoms with Gasteiger partial charge in [-0.05, 0) is 104 Å². The summed E-state index contributed by atoms with van der Waals surface area (Å²) in [6.07, 6.45) is 5.80. The molecule has 2 aromatic heterocycles. The summed E-state index contributed by atoms with van der Waals surface area (Å²) in [5.74, 6) is 0.704. The first-order chi connectivity index (χ1) is 22.4. The molecule has 0 saturated carbocycles. The van der Waals surface area contributed by atoms with Crippen molar-refractivity contribution in [1.29, 1.82) is 0 Å². The summed E-state index contributed by atoms with van der Waals surface area (Å²) in [5, 5.41) is 21.0. The van der Waals surface area contributed by atoms with Crippen LogP contribution in [-0.2, 0) is 15.6 Å². The van der Waals surface area contributed by atoms with Crippen LogP contribution in [0.4, 0.5) is 0 Å². The van der Waals surface area contributed by atoms with Gasteiger partial charge in [-0.25, -0.2) is 10.2 Å². The molecule has 2 N–H and O–H groups in total. The lowest BCUT2D eigenvalue weighted by Crippen LogP contribution is -2.52. The minimum atomic E-state index is -0.885. The van der Waals surface area contributed by atoms with Crippen LogP contribution < -0.4 is 15.0 Å². The Kier molecular flexibility index (Phi) is 8.95. The number of rotatable bonds is 10. The second-order valence-corrected chi connectivity index (χ2v) is 12.0. The van der Waals surface area contributed by atoms with Gasteiger partial charge in [0.2, 0.25) is 0 Å². The van der Waals surface area contributed by atoms with Gasteiger partial charge in [0.1, 0.15) is 17.8 Å². The second kappa shape index (κ2) is 13.2. The Morgan fingerprint density at radius 3 is 2.52 bits per heavy atom. The topological polar surface area (TPSA) is 148 Å². The van der Waals surface area contributed by atoms with Crippen LogP contribution in [0.5, 0.6) is 11.5 Å². The molecular formula is C33H38N8O5.